The van der Waals surface area contributed by atoms with Gasteiger partial charge >= 0.3 is 6.09 Å². The summed E-state index contributed by atoms with van der Waals surface area (Å²) in [5.41, 5.74) is -0.643. The van der Waals surface area contributed by atoms with Gasteiger partial charge in [0.1, 0.15) is 5.60 Å². The highest BCUT2D eigenvalue weighted by Gasteiger charge is 2.39. The van der Waals surface area contributed by atoms with Gasteiger partial charge in [-0.2, -0.15) is 0 Å². The molecule has 1 heterocycles. The standard InChI is InChI=1S/C10H19IN2O2/c1-9(2,3)15-8(14)13-10(4)6-12-5-7(10)11/h7,12H,5-6H2,1-4H3,(H,13,14). The molecule has 1 aliphatic heterocycles. The maximum Gasteiger partial charge on any atom is 0.408 e. The SMILES string of the molecule is CC(C)(C)OC(=O)NC1(C)CNCC1I. The van der Waals surface area contributed by atoms with Gasteiger partial charge in [-0.05, 0) is 27.7 Å². The van der Waals surface area contributed by atoms with Crippen LogP contribution in [0.2, 0.25) is 0 Å². The van der Waals surface area contributed by atoms with Crippen molar-refractivity contribution in [1.29, 1.82) is 0 Å². The summed E-state index contributed by atoms with van der Waals surface area (Å²) in [6.45, 7) is 9.34. The van der Waals surface area contributed by atoms with Crippen molar-refractivity contribution < 1.29 is 9.53 Å². The Morgan fingerprint density at radius 2 is 2.20 bits per heavy atom. The smallest absolute Gasteiger partial charge is 0.408 e. The van der Waals surface area contributed by atoms with Crippen molar-refractivity contribution in [3.8, 4) is 0 Å². The number of alkyl carbamates (subject to hydrolysis) is 1. The summed E-state index contributed by atoms with van der Waals surface area (Å²) >= 11 is 2.35. The van der Waals surface area contributed by atoms with E-state index in [1.807, 2.05) is 27.7 Å². The molecule has 1 fully saturated rings. The van der Waals surface area contributed by atoms with Gasteiger partial charge in [-0.25, -0.2) is 4.79 Å². The molecule has 1 rings (SSSR count). The molecule has 0 aromatic carbocycles. The molecule has 0 radical (unpaired) electrons. The lowest BCUT2D eigenvalue weighted by Gasteiger charge is -2.30. The number of hydrogen-bond acceptors (Lipinski definition) is 3. The van der Waals surface area contributed by atoms with Gasteiger partial charge in [0.15, 0.2) is 0 Å². The summed E-state index contributed by atoms with van der Waals surface area (Å²) < 4.78 is 5.62. The Morgan fingerprint density at radius 1 is 1.60 bits per heavy atom. The van der Waals surface area contributed by atoms with Crippen LogP contribution in [0, 0.1) is 0 Å². The molecule has 88 valence electrons. The predicted octanol–water partition coefficient (Wildman–Crippen LogP) is 1.68. The van der Waals surface area contributed by atoms with Crippen LogP contribution in [0.3, 0.4) is 0 Å². The Morgan fingerprint density at radius 3 is 2.60 bits per heavy atom. The van der Waals surface area contributed by atoms with Crippen LogP contribution in [-0.4, -0.2) is 34.2 Å². The van der Waals surface area contributed by atoms with Crippen LogP contribution in [0.5, 0.6) is 0 Å². The Labute approximate surface area is 105 Å². The van der Waals surface area contributed by atoms with E-state index in [4.69, 9.17) is 4.74 Å². The fourth-order valence-corrected chi connectivity index (χ4v) is 2.14. The highest BCUT2D eigenvalue weighted by Crippen LogP contribution is 2.22. The summed E-state index contributed by atoms with van der Waals surface area (Å²) in [5, 5.41) is 6.18. The van der Waals surface area contributed by atoms with Crippen LogP contribution in [0.15, 0.2) is 0 Å². The number of carbonyl (C=O) groups is 1. The number of hydrogen-bond donors (Lipinski definition) is 2. The van der Waals surface area contributed by atoms with E-state index in [2.05, 4.69) is 33.2 Å². The van der Waals surface area contributed by atoms with E-state index >= 15 is 0 Å². The fraction of sp³-hybridized carbons (Fsp3) is 0.900. The number of carbonyl (C=O) groups excluding carboxylic acids is 1. The van der Waals surface area contributed by atoms with E-state index in [0.29, 0.717) is 3.92 Å². The number of amides is 1. The van der Waals surface area contributed by atoms with Gasteiger partial charge in [0.2, 0.25) is 0 Å². The number of nitrogens with one attached hydrogen (secondary N) is 2. The zero-order valence-corrected chi connectivity index (χ0v) is 11.8. The summed E-state index contributed by atoms with van der Waals surface area (Å²) in [5.74, 6) is 0. The van der Waals surface area contributed by atoms with Crippen LogP contribution in [0.1, 0.15) is 27.7 Å². The number of alkyl halides is 1. The molecule has 0 aromatic heterocycles. The monoisotopic (exact) mass is 326 g/mol. The van der Waals surface area contributed by atoms with Gasteiger partial charge in [0.25, 0.3) is 0 Å². The molecule has 5 heteroatoms. The van der Waals surface area contributed by atoms with Crippen LogP contribution in [0.25, 0.3) is 0 Å². The molecule has 4 nitrogen and oxygen atoms in total. The first-order chi connectivity index (χ1) is 6.73. The summed E-state index contributed by atoms with van der Waals surface area (Å²) in [6.07, 6.45) is -0.338. The van der Waals surface area contributed by atoms with Crippen molar-refractivity contribution in [3.63, 3.8) is 0 Å². The Bertz CT molecular complexity index is 252. The normalized spacial score (nSPS) is 31.4. The van der Waals surface area contributed by atoms with E-state index in [1.54, 1.807) is 0 Å². The third-order valence-corrected chi connectivity index (χ3v) is 4.11. The third-order valence-electron chi connectivity index (χ3n) is 2.29. The Balaban J connectivity index is 2.51. The molecular formula is C10H19IN2O2. The summed E-state index contributed by atoms with van der Waals surface area (Å²) in [4.78, 5) is 11.6. The molecule has 0 aliphatic carbocycles. The second-order valence-corrected chi connectivity index (χ2v) is 6.65. The minimum atomic E-state index is -0.437. The van der Waals surface area contributed by atoms with Crippen molar-refractivity contribution in [2.75, 3.05) is 13.1 Å². The van der Waals surface area contributed by atoms with Gasteiger partial charge in [-0.3, -0.25) is 0 Å². The first kappa shape index (κ1) is 13.0. The van der Waals surface area contributed by atoms with E-state index < -0.39 is 5.60 Å². The van der Waals surface area contributed by atoms with E-state index in [9.17, 15) is 4.79 Å². The van der Waals surface area contributed by atoms with E-state index in [0.717, 1.165) is 13.1 Å². The van der Waals surface area contributed by atoms with Crippen molar-refractivity contribution >= 4 is 28.7 Å². The van der Waals surface area contributed by atoms with Crippen LogP contribution in [-0.2, 0) is 4.74 Å². The molecule has 1 amide bonds. The molecule has 0 bridgehead atoms. The Kier molecular flexibility index (Phi) is 3.86. The minimum Gasteiger partial charge on any atom is -0.444 e. The van der Waals surface area contributed by atoms with Crippen molar-refractivity contribution in [2.24, 2.45) is 0 Å². The quantitative estimate of drug-likeness (QED) is 0.569. The first-order valence-electron chi connectivity index (χ1n) is 5.09. The number of ether oxygens (including phenoxy) is 1. The molecule has 1 saturated heterocycles. The van der Waals surface area contributed by atoms with Crippen molar-refractivity contribution in [1.82, 2.24) is 10.6 Å². The summed E-state index contributed by atoms with van der Waals surface area (Å²) in [7, 11) is 0. The molecule has 15 heavy (non-hydrogen) atoms. The predicted molar refractivity (Wildman–Crippen MR) is 68.5 cm³/mol. The summed E-state index contributed by atoms with van der Waals surface area (Å²) in [6, 6.07) is 0. The molecule has 1 aliphatic rings. The lowest BCUT2D eigenvalue weighted by Crippen LogP contribution is -2.53. The highest BCUT2D eigenvalue weighted by molar-refractivity contribution is 14.1. The minimum absolute atomic E-state index is 0.205. The van der Waals surface area contributed by atoms with Crippen LogP contribution < -0.4 is 10.6 Å². The third kappa shape index (κ3) is 3.79. The van der Waals surface area contributed by atoms with Crippen LogP contribution >= 0.6 is 22.6 Å². The molecule has 2 N–H and O–H groups in total. The first-order valence-corrected chi connectivity index (χ1v) is 6.33. The Hall–Kier alpha value is -0.0400. The zero-order chi connectivity index (χ0) is 11.7. The molecule has 2 atom stereocenters. The average molecular weight is 326 g/mol. The van der Waals surface area contributed by atoms with Gasteiger partial charge in [-0.1, -0.05) is 22.6 Å². The zero-order valence-electron chi connectivity index (χ0n) is 9.69. The highest BCUT2D eigenvalue weighted by atomic mass is 127. The topological polar surface area (TPSA) is 50.4 Å². The molecule has 0 aromatic rings. The van der Waals surface area contributed by atoms with Crippen molar-refractivity contribution in [2.45, 2.75) is 42.8 Å². The molecule has 0 spiro atoms. The van der Waals surface area contributed by atoms with Crippen molar-refractivity contribution in [3.05, 3.63) is 0 Å². The lowest BCUT2D eigenvalue weighted by atomic mass is 10.0. The van der Waals surface area contributed by atoms with Crippen LogP contribution in [0.4, 0.5) is 4.79 Å². The number of halogens is 1. The second kappa shape index (κ2) is 4.45. The molecular weight excluding hydrogens is 307 g/mol. The fourth-order valence-electron chi connectivity index (χ4n) is 1.45. The average Bonchev–Trinajstić information content (AvgIpc) is 2.27. The van der Waals surface area contributed by atoms with Gasteiger partial charge < -0.3 is 15.4 Å². The number of rotatable bonds is 1. The van der Waals surface area contributed by atoms with Gasteiger partial charge in [0, 0.05) is 17.0 Å². The van der Waals surface area contributed by atoms with E-state index in [1.165, 1.54) is 0 Å². The maximum absolute atomic E-state index is 11.6. The molecule has 2 unspecified atom stereocenters. The van der Waals surface area contributed by atoms with E-state index in [-0.39, 0.29) is 11.6 Å². The van der Waals surface area contributed by atoms with Gasteiger partial charge in [-0.15, -0.1) is 0 Å². The maximum atomic E-state index is 11.6. The second-order valence-electron chi connectivity index (χ2n) is 5.14. The largest absolute Gasteiger partial charge is 0.444 e. The van der Waals surface area contributed by atoms with Gasteiger partial charge in [0.05, 0.1) is 5.54 Å². The molecule has 0 saturated carbocycles. The lowest BCUT2D eigenvalue weighted by molar-refractivity contribution is 0.0476.